The lowest BCUT2D eigenvalue weighted by atomic mass is 10.0. The van der Waals surface area contributed by atoms with E-state index in [9.17, 15) is 0 Å². The summed E-state index contributed by atoms with van der Waals surface area (Å²) < 4.78 is 10.7. The third-order valence-corrected chi connectivity index (χ3v) is 3.13. The highest BCUT2D eigenvalue weighted by atomic mass is 16.7. The van der Waals surface area contributed by atoms with E-state index in [1.54, 1.807) is 6.33 Å². The van der Waals surface area contributed by atoms with E-state index in [2.05, 4.69) is 22.1 Å². The maximum atomic E-state index is 5.39. The van der Waals surface area contributed by atoms with E-state index in [0.717, 1.165) is 33.7 Å². The fourth-order valence-corrected chi connectivity index (χ4v) is 2.19. The van der Waals surface area contributed by atoms with Gasteiger partial charge in [0.05, 0.1) is 17.4 Å². The lowest BCUT2D eigenvalue weighted by Crippen LogP contribution is -1.92. The molecule has 4 nitrogen and oxygen atoms in total. The molecule has 0 radical (unpaired) electrons. The van der Waals surface area contributed by atoms with E-state index in [1.165, 1.54) is 0 Å². The average Bonchev–Trinajstić information content (AvgIpc) is 3.05. The molecule has 1 aromatic heterocycles. The first-order valence-electron chi connectivity index (χ1n) is 5.73. The van der Waals surface area contributed by atoms with Crippen LogP contribution in [-0.2, 0) is 0 Å². The number of ether oxygens (including phenoxy) is 2. The summed E-state index contributed by atoms with van der Waals surface area (Å²) in [5.41, 5.74) is 4.22. The third-order valence-electron chi connectivity index (χ3n) is 3.13. The molecule has 0 fully saturated rings. The van der Waals surface area contributed by atoms with Crippen molar-refractivity contribution in [3.05, 3.63) is 42.7 Å². The van der Waals surface area contributed by atoms with Crippen molar-refractivity contribution in [2.45, 2.75) is 0 Å². The highest BCUT2D eigenvalue weighted by Gasteiger charge is 2.13. The number of imidazole rings is 1. The summed E-state index contributed by atoms with van der Waals surface area (Å²) in [6.07, 6.45) is 1.70. The smallest absolute Gasteiger partial charge is 0.231 e. The number of benzene rings is 2. The highest BCUT2D eigenvalue weighted by Crippen LogP contribution is 2.36. The van der Waals surface area contributed by atoms with Crippen LogP contribution in [0.5, 0.6) is 11.5 Å². The summed E-state index contributed by atoms with van der Waals surface area (Å²) in [7, 11) is 0. The van der Waals surface area contributed by atoms with Gasteiger partial charge in [0.15, 0.2) is 11.5 Å². The Kier molecular flexibility index (Phi) is 1.85. The van der Waals surface area contributed by atoms with Crippen LogP contribution in [0.3, 0.4) is 0 Å². The lowest BCUT2D eigenvalue weighted by Gasteiger charge is -2.03. The van der Waals surface area contributed by atoms with Crippen LogP contribution < -0.4 is 9.47 Å². The van der Waals surface area contributed by atoms with Crippen molar-refractivity contribution in [1.29, 1.82) is 0 Å². The molecule has 0 saturated heterocycles. The molecule has 0 bridgehead atoms. The lowest BCUT2D eigenvalue weighted by molar-refractivity contribution is 0.174. The SMILES string of the molecule is c1nc2cc(-c3ccc4c(c3)OCO4)ccc2[nH]1. The minimum atomic E-state index is 0.303. The van der Waals surface area contributed by atoms with Crippen molar-refractivity contribution in [3.8, 4) is 22.6 Å². The summed E-state index contributed by atoms with van der Waals surface area (Å²) in [6.45, 7) is 0.303. The zero-order valence-electron chi connectivity index (χ0n) is 9.51. The zero-order chi connectivity index (χ0) is 11.9. The molecule has 3 aromatic rings. The summed E-state index contributed by atoms with van der Waals surface area (Å²) in [5, 5.41) is 0. The molecule has 0 saturated carbocycles. The van der Waals surface area contributed by atoms with Crippen molar-refractivity contribution in [2.24, 2.45) is 0 Å². The van der Waals surface area contributed by atoms with Crippen LogP contribution in [0.25, 0.3) is 22.2 Å². The zero-order valence-corrected chi connectivity index (χ0v) is 9.51. The second kappa shape index (κ2) is 3.50. The summed E-state index contributed by atoms with van der Waals surface area (Å²) in [4.78, 5) is 7.35. The van der Waals surface area contributed by atoms with Gasteiger partial charge in [-0.3, -0.25) is 0 Å². The first-order valence-corrected chi connectivity index (χ1v) is 5.73. The summed E-state index contributed by atoms with van der Waals surface area (Å²) in [5.74, 6) is 1.61. The molecule has 18 heavy (non-hydrogen) atoms. The molecule has 4 rings (SSSR count). The van der Waals surface area contributed by atoms with E-state index < -0.39 is 0 Å². The molecule has 1 aliphatic rings. The summed E-state index contributed by atoms with van der Waals surface area (Å²) >= 11 is 0. The maximum absolute atomic E-state index is 5.39. The normalized spacial score (nSPS) is 13.1. The molecule has 0 atom stereocenters. The van der Waals surface area contributed by atoms with Gasteiger partial charge >= 0.3 is 0 Å². The van der Waals surface area contributed by atoms with E-state index in [-0.39, 0.29) is 0 Å². The van der Waals surface area contributed by atoms with E-state index >= 15 is 0 Å². The third kappa shape index (κ3) is 1.35. The molecule has 0 spiro atoms. The van der Waals surface area contributed by atoms with Gasteiger partial charge < -0.3 is 14.5 Å². The van der Waals surface area contributed by atoms with Crippen molar-refractivity contribution < 1.29 is 9.47 Å². The van der Waals surface area contributed by atoms with Crippen LogP contribution in [0.4, 0.5) is 0 Å². The Hall–Kier alpha value is -2.49. The van der Waals surface area contributed by atoms with Crippen molar-refractivity contribution in [1.82, 2.24) is 9.97 Å². The predicted molar refractivity (Wildman–Crippen MR) is 67.7 cm³/mol. The number of aromatic nitrogens is 2. The van der Waals surface area contributed by atoms with Crippen molar-refractivity contribution in [3.63, 3.8) is 0 Å². The first kappa shape index (κ1) is 9.53. The first-order chi connectivity index (χ1) is 8.90. The van der Waals surface area contributed by atoms with Crippen molar-refractivity contribution in [2.75, 3.05) is 6.79 Å². The van der Waals surface area contributed by atoms with Crippen LogP contribution in [0, 0.1) is 0 Å². The van der Waals surface area contributed by atoms with Gasteiger partial charge in [-0.05, 0) is 35.4 Å². The van der Waals surface area contributed by atoms with E-state index in [1.807, 2.05) is 24.3 Å². The molecule has 2 heterocycles. The van der Waals surface area contributed by atoms with Gasteiger partial charge in [0.25, 0.3) is 0 Å². The van der Waals surface area contributed by atoms with Gasteiger partial charge in [-0.1, -0.05) is 12.1 Å². The Morgan fingerprint density at radius 3 is 2.78 bits per heavy atom. The fraction of sp³-hybridized carbons (Fsp3) is 0.0714. The topological polar surface area (TPSA) is 47.1 Å². The van der Waals surface area contributed by atoms with E-state index in [4.69, 9.17) is 9.47 Å². The highest BCUT2D eigenvalue weighted by molar-refractivity contribution is 5.82. The standard InChI is InChI=1S/C14H10N2O2/c1-3-11-12(16-7-15-11)5-9(1)10-2-4-13-14(6-10)18-8-17-13/h1-7H,8H2,(H,15,16). The molecular weight excluding hydrogens is 228 g/mol. The molecule has 0 aliphatic carbocycles. The van der Waals surface area contributed by atoms with Crippen LogP contribution in [0.15, 0.2) is 42.7 Å². The van der Waals surface area contributed by atoms with E-state index in [0.29, 0.717) is 6.79 Å². The Balaban J connectivity index is 1.86. The Labute approximate surface area is 103 Å². The minimum Gasteiger partial charge on any atom is -0.454 e. The number of nitrogens with one attached hydrogen (secondary N) is 1. The second-order valence-electron chi connectivity index (χ2n) is 4.20. The molecule has 1 N–H and O–H groups in total. The van der Waals surface area contributed by atoms with Crippen LogP contribution in [0.1, 0.15) is 0 Å². The van der Waals surface area contributed by atoms with Gasteiger partial charge in [0, 0.05) is 0 Å². The van der Waals surface area contributed by atoms with Gasteiger partial charge in [-0.15, -0.1) is 0 Å². The Morgan fingerprint density at radius 1 is 0.944 bits per heavy atom. The predicted octanol–water partition coefficient (Wildman–Crippen LogP) is 2.96. The average molecular weight is 238 g/mol. The Morgan fingerprint density at radius 2 is 1.78 bits per heavy atom. The number of hydrogen-bond donors (Lipinski definition) is 1. The molecular formula is C14H10N2O2. The molecule has 0 unspecified atom stereocenters. The number of H-pyrrole nitrogens is 1. The van der Waals surface area contributed by atoms with Crippen molar-refractivity contribution >= 4 is 11.0 Å². The number of nitrogens with zero attached hydrogens (tertiary/aromatic N) is 1. The number of hydrogen-bond acceptors (Lipinski definition) is 3. The van der Waals surface area contributed by atoms with Crippen LogP contribution in [-0.4, -0.2) is 16.8 Å². The second-order valence-corrected chi connectivity index (χ2v) is 4.20. The molecule has 2 aromatic carbocycles. The fourth-order valence-electron chi connectivity index (χ4n) is 2.19. The molecule has 0 amide bonds. The summed E-state index contributed by atoms with van der Waals surface area (Å²) in [6, 6.07) is 12.1. The van der Waals surface area contributed by atoms with Gasteiger partial charge in [0.1, 0.15) is 0 Å². The van der Waals surface area contributed by atoms with Crippen LogP contribution in [0.2, 0.25) is 0 Å². The van der Waals surface area contributed by atoms with Gasteiger partial charge in [-0.25, -0.2) is 4.98 Å². The van der Waals surface area contributed by atoms with Gasteiger partial charge in [-0.2, -0.15) is 0 Å². The van der Waals surface area contributed by atoms with Gasteiger partial charge in [0.2, 0.25) is 6.79 Å². The monoisotopic (exact) mass is 238 g/mol. The minimum absolute atomic E-state index is 0.303. The molecule has 4 heteroatoms. The Bertz CT molecular complexity index is 733. The quantitative estimate of drug-likeness (QED) is 0.709. The number of fused-ring (bicyclic) bond motifs is 2. The molecule has 88 valence electrons. The largest absolute Gasteiger partial charge is 0.454 e. The molecule has 1 aliphatic heterocycles. The maximum Gasteiger partial charge on any atom is 0.231 e. The van der Waals surface area contributed by atoms with Crippen LogP contribution >= 0.6 is 0 Å². The number of aromatic amines is 1. The number of rotatable bonds is 1.